The molecule has 0 bridgehead atoms. The first kappa shape index (κ1) is 11.5. The number of rotatable bonds is 4. The molecule has 1 N–H and O–H groups in total. The van der Waals surface area contributed by atoms with E-state index in [4.69, 9.17) is 0 Å². The molecule has 2 aliphatic carbocycles. The summed E-state index contributed by atoms with van der Waals surface area (Å²) in [6.07, 6.45) is 5.38. The minimum atomic E-state index is -0.855. The molecule has 0 aromatic carbocycles. The molecule has 4 nitrogen and oxygen atoms in total. The van der Waals surface area contributed by atoms with Gasteiger partial charge < -0.3 is 10.0 Å². The van der Waals surface area contributed by atoms with Crippen LogP contribution in [0.4, 0.5) is 5.82 Å². The van der Waals surface area contributed by atoms with Crippen LogP contribution in [-0.4, -0.2) is 28.6 Å². The van der Waals surface area contributed by atoms with Gasteiger partial charge in [0.1, 0.15) is 11.4 Å². The van der Waals surface area contributed by atoms with Crippen molar-refractivity contribution in [1.82, 2.24) is 4.98 Å². The Morgan fingerprint density at radius 1 is 1.50 bits per heavy atom. The number of fused-ring (bicyclic) bond motifs is 1. The third-order valence-corrected chi connectivity index (χ3v) is 3.86. The average Bonchev–Trinajstić information content (AvgIpc) is 3.07. The largest absolute Gasteiger partial charge is 0.478 e. The maximum Gasteiger partial charge on any atom is 0.339 e. The number of carboxylic acid groups (broad SMARTS) is 1. The fraction of sp³-hybridized carbons (Fsp3) is 0.571. The van der Waals surface area contributed by atoms with Crippen LogP contribution in [0.15, 0.2) is 6.07 Å². The van der Waals surface area contributed by atoms with Gasteiger partial charge in [0.15, 0.2) is 0 Å². The van der Waals surface area contributed by atoms with Crippen LogP contribution in [-0.2, 0) is 12.8 Å². The van der Waals surface area contributed by atoms with Crippen molar-refractivity contribution in [2.24, 2.45) is 0 Å². The van der Waals surface area contributed by atoms with E-state index in [1.54, 1.807) is 0 Å². The van der Waals surface area contributed by atoms with Crippen LogP contribution in [0.2, 0.25) is 0 Å². The number of hydrogen-bond acceptors (Lipinski definition) is 3. The Morgan fingerprint density at radius 3 is 2.89 bits per heavy atom. The van der Waals surface area contributed by atoms with Crippen molar-refractivity contribution in [1.29, 1.82) is 0 Å². The molecular weight excluding hydrogens is 228 g/mol. The Morgan fingerprint density at radius 2 is 2.28 bits per heavy atom. The lowest BCUT2D eigenvalue weighted by Gasteiger charge is -2.24. The molecule has 0 amide bonds. The fourth-order valence-electron chi connectivity index (χ4n) is 2.80. The summed E-state index contributed by atoms with van der Waals surface area (Å²) >= 11 is 0. The Kier molecular flexibility index (Phi) is 2.73. The van der Waals surface area contributed by atoms with Gasteiger partial charge in [0, 0.05) is 18.3 Å². The van der Waals surface area contributed by atoms with Crippen molar-refractivity contribution in [3.8, 4) is 0 Å². The van der Waals surface area contributed by atoms with Gasteiger partial charge in [-0.3, -0.25) is 0 Å². The van der Waals surface area contributed by atoms with Crippen LogP contribution >= 0.6 is 0 Å². The van der Waals surface area contributed by atoms with Crippen molar-refractivity contribution < 1.29 is 9.90 Å². The minimum Gasteiger partial charge on any atom is -0.478 e. The quantitative estimate of drug-likeness (QED) is 0.885. The summed E-state index contributed by atoms with van der Waals surface area (Å²) in [6, 6.07) is 2.35. The van der Waals surface area contributed by atoms with E-state index >= 15 is 0 Å². The number of anilines is 1. The number of hydrogen-bond donors (Lipinski definition) is 1. The lowest BCUT2D eigenvalue weighted by molar-refractivity contribution is 0.0697. The highest BCUT2D eigenvalue weighted by Gasteiger charge is 2.32. The number of pyridine rings is 1. The summed E-state index contributed by atoms with van der Waals surface area (Å²) in [5.74, 6) is -0.167. The van der Waals surface area contributed by atoms with Crippen molar-refractivity contribution in [2.45, 2.75) is 45.1 Å². The number of aromatic nitrogens is 1. The molecule has 0 radical (unpaired) electrons. The van der Waals surface area contributed by atoms with Crippen molar-refractivity contribution in [3.05, 3.63) is 22.9 Å². The summed E-state index contributed by atoms with van der Waals surface area (Å²) < 4.78 is 0. The van der Waals surface area contributed by atoms with Gasteiger partial charge >= 0.3 is 5.97 Å². The lowest BCUT2D eigenvalue weighted by atomic mass is 10.1. The number of aromatic carboxylic acids is 1. The monoisotopic (exact) mass is 246 g/mol. The maximum absolute atomic E-state index is 11.4. The highest BCUT2D eigenvalue weighted by Crippen LogP contribution is 2.34. The normalized spacial score (nSPS) is 17.6. The number of carbonyl (C=O) groups is 1. The lowest BCUT2D eigenvalue weighted by Crippen LogP contribution is -2.28. The molecule has 0 spiro atoms. The summed E-state index contributed by atoms with van der Waals surface area (Å²) in [7, 11) is 0. The molecule has 0 unspecified atom stereocenters. The molecule has 4 heteroatoms. The molecule has 1 fully saturated rings. The van der Waals surface area contributed by atoms with Gasteiger partial charge in [0.25, 0.3) is 0 Å². The molecule has 1 aromatic rings. The first-order chi connectivity index (χ1) is 8.70. The third kappa shape index (κ3) is 1.85. The molecule has 2 aliphatic rings. The minimum absolute atomic E-state index is 0.379. The van der Waals surface area contributed by atoms with Crippen LogP contribution in [0.5, 0.6) is 0 Å². The molecule has 0 aliphatic heterocycles. The van der Waals surface area contributed by atoms with E-state index in [-0.39, 0.29) is 0 Å². The van der Waals surface area contributed by atoms with Gasteiger partial charge in [-0.15, -0.1) is 0 Å². The van der Waals surface area contributed by atoms with E-state index in [1.165, 1.54) is 0 Å². The first-order valence-corrected chi connectivity index (χ1v) is 6.73. The third-order valence-electron chi connectivity index (χ3n) is 3.86. The molecule has 1 saturated carbocycles. The molecule has 96 valence electrons. The van der Waals surface area contributed by atoms with Crippen LogP contribution in [0.1, 0.15) is 47.8 Å². The van der Waals surface area contributed by atoms with Gasteiger partial charge in [0.2, 0.25) is 0 Å². The van der Waals surface area contributed by atoms with E-state index in [2.05, 4.69) is 16.8 Å². The predicted octanol–water partition coefficient (Wildman–Crippen LogP) is 2.26. The zero-order valence-electron chi connectivity index (χ0n) is 10.6. The van der Waals surface area contributed by atoms with Crippen molar-refractivity contribution in [3.63, 3.8) is 0 Å². The smallest absolute Gasteiger partial charge is 0.339 e. The Hall–Kier alpha value is -1.58. The van der Waals surface area contributed by atoms with Crippen molar-refractivity contribution in [2.75, 3.05) is 11.4 Å². The molecule has 3 rings (SSSR count). The number of nitrogens with zero attached hydrogens (tertiary/aromatic N) is 2. The zero-order chi connectivity index (χ0) is 12.7. The standard InChI is InChI=1S/C14H18N2O2/c1-2-16(10-6-7-10)13-11(14(17)18)8-9-4-3-5-12(9)15-13/h8,10H,2-7H2,1H3,(H,17,18). The van der Waals surface area contributed by atoms with Crippen LogP contribution in [0, 0.1) is 0 Å². The number of carboxylic acids is 1. The van der Waals surface area contributed by atoms with Crippen LogP contribution in [0.3, 0.4) is 0 Å². The Labute approximate surface area is 107 Å². The Balaban J connectivity index is 2.07. The number of aryl methyl sites for hydroxylation is 2. The second kappa shape index (κ2) is 4.26. The summed E-state index contributed by atoms with van der Waals surface area (Å²) in [4.78, 5) is 18.2. The SMILES string of the molecule is CCN(c1nc2c(cc1C(=O)O)CCC2)C1CC1. The van der Waals surface area contributed by atoms with E-state index in [1.807, 2.05) is 6.07 Å². The fourth-order valence-corrected chi connectivity index (χ4v) is 2.80. The summed E-state index contributed by atoms with van der Waals surface area (Å²) in [5.41, 5.74) is 2.61. The topological polar surface area (TPSA) is 53.4 Å². The van der Waals surface area contributed by atoms with Gasteiger partial charge in [-0.2, -0.15) is 0 Å². The van der Waals surface area contributed by atoms with Crippen molar-refractivity contribution >= 4 is 11.8 Å². The molecule has 0 saturated heterocycles. The molecule has 1 aromatic heterocycles. The van der Waals surface area contributed by atoms with E-state index in [9.17, 15) is 9.90 Å². The predicted molar refractivity (Wildman–Crippen MR) is 69.3 cm³/mol. The Bertz CT molecular complexity index is 495. The van der Waals surface area contributed by atoms with E-state index in [0.717, 1.165) is 49.9 Å². The molecule has 0 atom stereocenters. The second-order valence-electron chi connectivity index (χ2n) is 5.14. The first-order valence-electron chi connectivity index (χ1n) is 6.73. The highest BCUT2D eigenvalue weighted by molar-refractivity contribution is 5.93. The van der Waals surface area contributed by atoms with E-state index < -0.39 is 5.97 Å². The molecule has 18 heavy (non-hydrogen) atoms. The highest BCUT2D eigenvalue weighted by atomic mass is 16.4. The summed E-state index contributed by atoms with van der Waals surface area (Å²) in [5, 5.41) is 9.38. The zero-order valence-corrected chi connectivity index (χ0v) is 10.6. The molecule has 1 heterocycles. The molecular formula is C14H18N2O2. The summed E-state index contributed by atoms with van der Waals surface area (Å²) in [6.45, 7) is 2.90. The average molecular weight is 246 g/mol. The maximum atomic E-state index is 11.4. The second-order valence-corrected chi connectivity index (χ2v) is 5.14. The van der Waals surface area contributed by atoms with Crippen LogP contribution < -0.4 is 4.90 Å². The van der Waals surface area contributed by atoms with Gasteiger partial charge in [0.05, 0.1) is 0 Å². The van der Waals surface area contributed by atoms with E-state index in [0.29, 0.717) is 17.4 Å². The van der Waals surface area contributed by atoms with Gasteiger partial charge in [-0.25, -0.2) is 9.78 Å². The van der Waals surface area contributed by atoms with Gasteiger partial charge in [-0.05, 0) is 50.7 Å². The van der Waals surface area contributed by atoms with Gasteiger partial charge in [-0.1, -0.05) is 0 Å². The van der Waals surface area contributed by atoms with Crippen LogP contribution in [0.25, 0.3) is 0 Å².